The summed E-state index contributed by atoms with van der Waals surface area (Å²) >= 11 is 1.28. The number of hydrogen-bond donors (Lipinski definition) is 2. The second-order valence-corrected chi connectivity index (χ2v) is 8.63. The largest absolute Gasteiger partial charge is 0.497 e. The van der Waals surface area contributed by atoms with Crippen LogP contribution in [0.1, 0.15) is 21.7 Å². The van der Waals surface area contributed by atoms with E-state index in [9.17, 15) is 9.59 Å². The maximum absolute atomic E-state index is 12.6. The topological polar surface area (TPSA) is 98.1 Å². The molecular formula is C26H25N5O3S. The molecule has 4 aromatic rings. The number of nitrogens with zero attached hydrogens (tertiary/aromatic N) is 3. The second-order valence-electron chi connectivity index (χ2n) is 7.68. The van der Waals surface area contributed by atoms with Crippen LogP contribution in [0.4, 0.5) is 5.69 Å². The number of aryl methyl sites for hydroxylation is 1. The molecule has 4 rings (SSSR count). The molecule has 3 aromatic carbocycles. The van der Waals surface area contributed by atoms with Gasteiger partial charge in [-0.05, 0) is 55.5 Å². The van der Waals surface area contributed by atoms with Gasteiger partial charge in [0.15, 0.2) is 11.0 Å². The normalized spacial score (nSPS) is 10.6. The van der Waals surface area contributed by atoms with Crippen LogP contribution in [0.15, 0.2) is 84.0 Å². The number of amides is 2. The third-order valence-corrected chi connectivity index (χ3v) is 6.07. The zero-order chi connectivity index (χ0) is 24.6. The highest BCUT2D eigenvalue weighted by Crippen LogP contribution is 2.22. The number of hydrogen-bond acceptors (Lipinski definition) is 6. The van der Waals surface area contributed by atoms with Crippen molar-refractivity contribution in [2.45, 2.75) is 18.6 Å². The molecule has 0 radical (unpaired) electrons. The van der Waals surface area contributed by atoms with Crippen molar-refractivity contribution in [1.82, 2.24) is 20.1 Å². The average Bonchev–Trinajstić information content (AvgIpc) is 3.30. The van der Waals surface area contributed by atoms with Crippen molar-refractivity contribution >= 4 is 29.3 Å². The fraction of sp³-hybridized carbons (Fsp3) is 0.154. The maximum atomic E-state index is 12.6. The predicted octanol–water partition coefficient (Wildman–Crippen LogP) is 4.25. The number of anilines is 1. The van der Waals surface area contributed by atoms with Crippen molar-refractivity contribution < 1.29 is 14.3 Å². The number of methoxy groups -OCH3 is 1. The van der Waals surface area contributed by atoms with E-state index < -0.39 is 0 Å². The minimum absolute atomic E-state index is 0.143. The molecule has 0 aliphatic rings. The van der Waals surface area contributed by atoms with Gasteiger partial charge in [-0.2, -0.15) is 0 Å². The third-order valence-electron chi connectivity index (χ3n) is 5.14. The lowest BCUT2D eigenvalue weighted by Gasteiger charge is -2.11. The Bertz CT molecular complexity index is 1290. The lowest BCUT2D eigenvalue weighted by atomic mass is 10.2. The van der Waals surface area contributed by atoms with Gasteiger partial charge in [0.25, 0.3) is 5.91 Å². The van der Waals surface area contributed by atoms with Gasteiger partial charge in [0.1, 0.15) is 5.75 Å². The van der Waals surface area contributed by atoms with Crippen molar-refractivity contribution in [3.05, 3.63) is 95.8 Å². The first-order valence-electron chi connectivity index (χ1n) is 10.9. The van der Waals surface area contributed by atoms with E-state index in [1.165, 1.54) is 11.8 Å². The lowest BCUT2D eigenvalue weighted by Crippen LogP contribution is -2.24. The summed E-state index contributed by atoms with van der Waals surface area (Å²) in [6.45, 7) is 2.16. The molecule has 0 bridgehead atoms. The number of rotatable bonds is 9. The average molecular weight is 488 g/mol. The minimum Gasteiger partial charge on any atom is -0.497 e. The third kappa shape index (κ3) is 6.27. The first-order valence-corrected chi connectivity index (χ1v) is 11.9. The summed E-state index contributed by atoms with van der Waals surface area (Å²) in [5, 5.41) is 14.9. The van der Waals surface area contributed by atoms with E-state index >= 15 is 0 Å². The number of carbonyl (C=O) groups is 2. The fourth-order valence-corrected chi connectivity index (χ4v) is 4.08. The van der Waals surface area contributed by atoms with E-state index in [1.54, 1.807) is 31.4 Å². The molecule has 0 unspecified atom stereocenters. The maximum Gasteiger partial charge on any atom is 0.251 e. The molecule has 2 amide bonds. The Labute approximate surface area is 207 Å². The zero-order valence-corrected chi connectivity index (χ0v) is 20.2. The summed E-state index contributed by atoms with van der Waals surface area (Å²) in [5.74, 6) is 1.02. The monoisotopic (exact) mass is 487 g/mol. The Morgan fingerprint density at radius 3 is 2.34 bits per heavy atom. The summed E-state index contributed by atoms with van der Waals surface area (Å²) in [6.07, 6.45) is 0. The Hall–Kier alpha value is -4.11. The number of aromatic nitrogens is 3. The van der Waals surface area contributed by atoms with Gasteiger partial charge in [-0.15, -0.1) is 10.2 Å². The van der Waals surface area contributed by atoms with Crippen LogP contribution >= 0.6 is 11.8 Å². The second kappa shape index (κ2) is 11.3. The smallest absolute Gasteiger partial charge is 0.251 e. The van der Waals surface area contributed by atoms with Gasteiger partial charge in [0, 0.05) is 16.9 Å². The number of carbonyl (C=O) groups excluding carboxylic acids is 2. The van der Waals surface area contributed by atoms with Crippen molar-refractivity contribution in [3.63, 3.8) is 0 Å². The van der Waals surface area contributed by atoms with E-state index in [0.717, 1.165) is 16.9 Å². The summed E-state index contributed by atoms with van der Waals surface area (Å²) in [5.41, 5.74) is 3.22. The Morgan fingerprint density at radius 2 is 1.66 bits per heavy atom. The first-order chi connectivity index (χ1) is 17.0. The molecule has 8 nitrogen and oxygen atoms in total. The Balaban J connectivity index is 1.46. The van der Waals surface area contributed by atoms with Gasteiger partial charge < -0.3 is 15.4 Å². The molecule has 2 N–H and O–H groups in total. The van der Waals surface area contributed by atoms with Crippen LogP contribution in [0.25, 0.3) is 5.69 Å². The summed E-state index contributed by atoms with van der Waals surface area (Å²) in [4.78, 5) is 25.1. The van der Waals surface area contributed by atoms with Gasteiger partial charge in [-0.1, -0.05) is 47.7 Å². The van der Waals surface area contributed by atoms with Gasteiger partial charge in [-0.25, -0.2) is 0 Å². The van der Waals surface area contributed by atoms with Gasteiger partial charge in [0.2, 0.25) is 5.91 Å². The van der Waals surface area contributed by atoms with Crippen molar-refractivity contribution in [1.29, 1.82) is 0 Å². The van der Waals surface area contributed by atoms with Gasteiger partial charge >= 0.3 is 0 Å². The number of thioether (sulfide) groups is 1. The molecule has 0 aliphatic carbocycles. The molecule has 0 saturated heterocycles. The standard InChI is InChI=1S/C26H25N5O3S/c1-18-8-12-20(13-9-18)28-24(32)17-35-26-30-29-23(31(26)21-6-4-3-5-7-21)16-27-25(33)19-10-14-22(34-2)15-11-19/h3-15H,16-17H2,1-2H3,(H,27,33)(H,28,32). The quantitative estimate of drug-likeness (QED) is 0.343. The summed E-state index contributed by atoms with van der Waals surface area (Å²) in [7, 11) is 1.58. The first kappa shape index (κ1) is 24.0. The fourth-order valence-electron chi connectivity index (χ4n) is 3.31. The SMILES string of the molecule is COc1ccc(C(=O)NCc2nnc(SCC(=O)Nc3ccc(C)cc3)n2-c2ccccc2)cc1. The highest BCUT2D eigenvalue weighted by Gasteiger charge is 2.17. The van der Waals surface area contributed by atoms with Gasteiger partial charge in [-0.3, -0.25) is 14.2 Å². The molecule has 0 aliphatic heterocycles. The van der Waals surface area contributed by atoms with E-state index in [1.807, 2.05) is 66.1 Å². The highest BCUT2D eigenvalue weighted by atomic mass is 32.2. The van der Waals surface area contributed by atoms with E-state index in [-0.39, 0.29) is 24.1 Å². The van der Waals surface area contributed by atoms with Gasteiger partial charge in [0.05, 0.1) is 19.4 Å². The van der Waals surface area contributed by atoms with E-state index in [2.05, 4.69) is 20.8 Å². The number of nitrogens with one attached hydrogen (secondary N) is 2. The molecule has 35 heavy (non-hydrogen) atoms. The van der Waals surface area contributed by atoms with Crippen LogP contribution in [0, 0.1) is 6.92 Å². The minimum atomic E-state index is -0.234. The van der Waals surface area contributed by atoms with Crippen molar-refractivity contribution in [3.8, 4) is 11.4 Å². The van der Waals surface area contributed by atoms with Crippen molar-refractivity contribution in [2.24, 2.45) is 0 Å². The van der Waals surface area contributed by atoms with E-state index in [4.69, 9.17) is 4.74 Å². The number of para-hydroxylation sites is 1. The molecule has 0 fully saturated rings. The molecule has 1 heterocycles. The Morgan fingerprint density at radius 1 is 0.943 bits per heavy atom. The molecule has 0 saturated carbocycles. The molecule has 1 aromatic heterocycles. The molecule has 9 heteroatoms. The number of benzene rings is 3. The van der Waals surface area contributed by atoms with Crippen LogP contribution in [0.3, 0.4) is 0 Å². The summed E-state index contributed by atoms with van der Waals surface area (Å²) < 4.78 is 6.98. The molecule has 178 valence electrons. The van der Waals surface area contributed by atoms with Crippen LogP contribution in [-0.2, 0) is 11.3 Å². The van der Waals surface area contributed by atoms with Crippen LogP contribution in [0.5, 0.6) is 5.75 Å². The molecule has 0 atom stereocenters. The van der Waals surface area contributed by atoms with E-state index in [0.29, 0.717) is 22.3 Å². The molecule has 0 spiro atoms. The number of ether oxygens (including phenoxy) is 1. The van der Waals surface area contributed by atoms with Crippen LogP contribution < -0.4 is 15.4 Å². The highest BCUT2D eigenvalue weighted by molar-refractivity contribution is 7.99. The lowest BCUT2D eigenvalue weighted by molar-refractivity contribution is -0.113. The van der Waals surface area contributed by atoms with Crippen LogP contribution in [0.2, 0.25) is 0 Å². The molecular weight excluding hydrogens is 462 g/mol. The summed E-state index contributed by atoms with van der Waals surface area (Å²) in [6, 6.07) is 24.1. The van der Waals surface area contributed by atoms with Crippen LogP contribution in [-0.4, -0.2) is 39.4 Å². The predicted molar refractivity (Wildman–Crippen MR) is 136 cm³/mol. The Kier molecular flexibility index (Phi) is 7.79. The van der Waals surface area contributed by atoms with Crippen molar-refractivity contribution in [2.75, 3.05) is 18.2 Å². The zero-order valence-electron chi connectivity index (χ0n) is 19.4.